The number of guanidine groups is 1. The van der Waals surface area contributed by atoms with Gasteiger partial charge in [0.05, 0.1) is 35.3 Å². The maximum absolute atomic E-state index is 12.9. The summed E-state index contributed by atoms with van der Waals surface area (Å²) >= 11 is 6.19. The zero-order chi connectivity index (χ0) is 16.6. The van der Waals surface area contributed by atoms with E-state index in [0.29, 0.717) is 27.9 Å². The van der Waals surface area contributed by atoms with Crippen molar-refractivity contribution in [1.29, 1.82) is 5.41 Å². The molecule has 1 aliphatic rings. The first-order valence-corrected chi connectivity index (χ1v) is 7.46. The van der Waals surface area contributed by atoms with E-state index in [0.717, 1.165) is 23.4 Å². The summed E-state index contributed by atoms with van der Waals surface area (Å²) in [5.74, 6) is -0.0412. The van der Waals surface area contributed by atoms with Crippen LogP contribution in [0.3, 0.4) is 0 Å². The average Bonchev–Trinajstić information content (AvgIpc) is 3.25. The predicted molar refractivity (Wildman–Crippen MR) is 87.3 cm³/mol. The topological polar surface area (TPSA) is 108 Å². The van der Waals surface area contributed by atoms with Crippen LogP contribution < -0.4 is 15.4 Å². The summed E-state index contributed by atoms with van der Waals surface area (Å²) in [7, 11) is 1.51. The number of nitrogens with zero attached hydrogens (tertiary/aromatic N) is 2. The van der Waals surface area contributed by atoms with Crippen molar-refractivity contribution in [1.82, 2.24) is 10.2 Å². The number of H-pyrrole nitrogens is 1. The molecule has 0 bridgehead atoms. The van der Waals surface area contributed by atoms with Crippen LogP contribution in [-0.2, 0) is 0 Å². The van der Waals surface area contributed by atoms with E-state index in [1.807, 2.05) is 0 Å². The van der Waals surface area contributed by atoms with Gasteiger partial charge in [-0.1, -0.05) is 11.6 Å². The smallest absolute Gasteiger partial charge is 0.268 e. The van der Waals surface area contributed by atoms with Gasteiger partial charge in [-0.3, -0.25) is 15.3 Å². The molecule has 120 valence electrons. The number of carbonyl (C=O) groups excluding carboxylic acids is 1. The molecular formula is C15H16ClN5O2. The van der Waals surface area contributed by atoms with Gasteiger partial charge in [0.1, 0.15) is 5.75 Å². The maximum atomic E-state index is 12.9. The lowest BCUT2D eigenvalue weighted by Crippen LogP contribution is -2.42. The lowest BCUT2D eigenvalue weighted by molar-refractivity contribution is 0.100. The van der Waals surface area contributed by atoms with E-state index in [2.05, 4.69) is 10.2 Å². The van der Waals surface area contributed by atoms with Crippen molar-refractivity contribution >= 4 is 29.2 Å². The summed E-state index contributed by atoms with van der Waals surface area (Å²) in [6, 6.07) is 4.83. The Morgan fingerprint density at radius 2 is 2.26 bits per heavy atom. The van der Waals surface area contributed by atoms with Gasteiger partial charge in [-0.25, -0.2) is 4.90 Å². The van der Waals surface area contributed by atoms with Crippen LogP contribution in [0.15, 0.2) is 24.4 Å². The molecule has 0 aliphatic heterocycles. The van der Waals surface area contributed by atoms with Crippen LogP contribution in [0.2, 0.25) is 5.02 Å². The van der Waals surface area contributed by atoms with E-state index in [1.165, 1.54) is 13.3 Å². The van der Waals surface area contributed by atoms with Gasteiger partial charge in [-0.2, -0.15) is 5.10 Å². The van der Waals surface area contributed by atoms with Gasteiger partial charge < -0.3 is 10.5 Å². The summed E-state index contributed by atoms with van der Waals surface area (Å²) < 4.78 is 5.16. The van der Waals surface area contributed by atoms with Crippen LogP contribution in [0.5, 0.6) is 5.75 Å². The van der Waals surface area contributed by atoms with Crippen molar-refractivity contribution in [2.24, 2.45) is 5.73 Å². The maximum Gasteiger partial charge on any atom is 0.268 e. The normalized spacial score (nSPS) is 13.7. The number of hydrogen-bond donors (Lipinski definition) is 3. The number of ether oxygens (including phenoxy) is 1. The molecule has 0 radical (unpaired) electrons. The molecule has 1 amide bonds. The van der Waals surface area contributed by atoms with Gasteiger partial charge in [-0.05, 0) is 25.0 Å². The van der Waals surface area contributed by atoms with Crippen molar-refractivity contribution < 1.29 is 9.53 Å². The fourth-order valence-electron chi connectivity index (χ4n) is 2.41. The molecule has 23 heavy (non-hydrogen) atoms. The first kappa shape index (κ1) is 15.4. The van der Waals surface area contributed by atoms with E-state index in [4.69, 9.17) is 27.5 Å². The number of rotatable bonds is 4. The molecule has 0 atom stereocenters. The molecule has 2 aromatic rings. The van der Waals surface area contributed by atoms with Crippen LogP contribution in [0.25, 0.3) is 0 Å². The Morgan fingerprint density at radius 1 is 1.52 bits per heavy atom. The first-order valence-electron chi connectivity index (χ1n) is 7.08. The van der Waals surface area contributed by atoms with Crippen molar-refractivity contribution in [3.63, 3.8) is 0 Å². The van der Waals surface area contributed by atoms with E-state index in [9.17, 15) is 4.79 Å². The Kier molecular flexibility index (Phi) is 3.96. The third-order valence-electron chi connectivity index (χ3n) is 3.72. The standard InChI is InChI=1S/C15H16ClN5O2/c1-23-9-4-5-11(16)12(6-9)21(15(17)18)14(22)10-7-19-20-13(10)8-2-3-8/h4-8H,2-3H2,1H3,(H3,17,18)(H,19,20). The van der Waals surface area contributed by atoms with Gasteiger partial charge in [0, 0.05) is 12.0 Å². The van der Waals surface area contributed by atoms with Crippen molar-refractivity contribution in [3.05, 3.63) is 40.7 Å². The molecule has 7 nitrogen and oxygen atoms in total. The Balaban J connectivity index is 2.03. The zero-order valence-corrected chi connectivity index (χ0v) is 13.2. The van der Waals surface area contributed by atoms with Crippen LogP contribution in [0.4, 0.5) is 5.69 Å². The van der Waals surface area contributed by atoms with Gasteiger partial charge >= 0.3 is 0 Å². The Morgan fingerprint density at radius 3 is 2.87 bits per heavy atom. The number of hydrogen-bond acceptors (Lipinski definition) is 4. The number of carbonyl (C=O) groups is 1. The summed E-state index contributed by atoms with van der Waals surface area (Å²) in [6.45, 7) is 0. The number of methoxy groups -OCH3 is 1. The third kappa shape index (κ3) is 2.87. The molecule has 1 fully saturated rings. The molecule has 1 saturated carbocycles. The van der Waals surface area contributed by atoms with Crippen molar-refractivity contribution in [2.45, 2.75) is 18.8 Å². The molecule has 1 aliphatic carbocycles. The quantitative estimate of drug-likeness (QED) is 0.590. The number of anilines is 1. The lowest BCUT2D eigenvalue weighted by atomic mass is 10.1. The summed E-state index contributed by atoms with van der Waals surface area (Å²) in [5.41, 5.74) is 7.12. The van der Waals surface area contributed by atoms with E-state index < -0.39 is 11.9 Å². The number of benzene rings is 1. The molecule has 0 unspecified atom stereocenters. The SMILES string of the molecule is COc1ccc(Cl)c(N(C(=N)N)C(=O)c2cn[nH]c2C2CC2)c1. The number of halogens is 1. The highest BCUT2D eigenvalue weighted by Crippen LogP contribution is 2.41. The van der Waals surface area contributed by atoms with Crippen LogP contribution >= 0.6 is 11.6 Å². The van der Waals surface area contributed by atoms with Gasteiger partial charge in [0.15, 0.2) is 5.96 Å². The van der Waals surface area contributed by atoms with Crippen molar-refractivity contribution in [3.8, 4) is 5.75 Å². The Bertz CT molecular complexity index is 769. The first-order chi connectivity index (χ1) is 11.0. The number of aromatic nitrogens is 2. The minimum Gasteiger partial charge on any atom is -0.497 e. The highest BCUT2D eigenvalue weighted by molar-refractivity contribution is 6.36. The molecule has 3 rings (SSSR count). The summed E-state index contributed by atoms with van der Waals surface area (Å²) in [5, 5.41) is 14.9. The summed E-state index contributed by atoms with van der Waals surface area (Å²) in [6.07, 6.45) is 3.49. The van der Waals surface area contributed by atoms with Gasteiger partial charge in [0.25, 0.3) is 5.91 Å². The number of nitrogens with two attached hydrogens (primary N) is 1. The lowest BCUT2D eigenvalue weighted by Gasteiger charge is -2.22. The molecule has 4 N–H and O–H groups in total. The minimum atomic E-state index is -0.441. The molecule has 1 aromatic heterocycles. The Hall–Kier alpha value is -2.54. The predicted octanol–water partition coefficient (Wildman–Crippen LogP) is 2.49. The van der Waals surface area contributed by atoms with E-state index in [1.54, 1.807) is 18.2 Å². The van der Waals surface area contributed by atoms with E-state index in [-0.39, 0.29) is 0 Å². The second kappa shape index (κ2) is 5.92. The molecule has 8 heteroatoms. The molecule has 1 heterocycles. The number of amides is 1. The van der Waals surface area contributed by atoms with Gasteiger partial charge in [0.2, 0.25) is 0 Å². The Labute approximate surface area is 137 Å². The average molecular weight is 334 g/mol. The molecule has 0 saturated heterocycles. The molecule has 0 spiro atoms. The zero-order valence-electron chi connectivity index (χ0n) is 12.5. The fraction of sp³-hybridized carbons (Fsp3) is 0.267. The molecule has 1 aromatic carbocycles. The van der Waals surface area contributed by atoms with Crippen LogP contribution in [0.1, 0.15) is 34.8 Å². The van der Waals surface area contributed by atoms with Crippen LogP contribution in [0, 0.1) is 5.41 Å². The monoisotopic (exact) mass is 333 g/mol. The largest absolute Gasteiger partial charge is 0.497 e. The summed E-state index contributed by atoms with van der Waals surface area (Å²) in [4.78, 5) is 14.0. The second-order valence-electron chi connectivity index (χ2n) is 5.31. The third-order valence-corrected chi connectivity index (χ3v) is 4.04. The number of aromatic amines is 1. The van der Waals surface area contributed by atoms with Crippen molar-refractivity contribution in [2.75, 3.05) is 12.0 Å². The van der Waals surface area contributed by atoms with Crippen LogP contribution in [-0.4, -0.2) is 29.2 Å². The highest BCUT2D eigenvalue weighted by atomic mass is 35.5. The second-order valence-corrected chi connectivity index (χ2v) is 5.72. The highest BCUT2D eigenvalue weighted by Gasteiger charge is 2.33. The fourth-order valence-corrected chi connectivity index (χ4v) is 2.61. The number of nitrogens with one attached hydrogen (secondary N) is 2. The molecular weight excluding hydrogens is 318 g/mol. The minimum absolute atomic E-state index is 0.297. The van der Waals surface area contributed by atoms with E-state index >= 15 is 0 Å². The van der Waals surface area contributed by atoms with Gasteiger partial charge in [-0.15, -0.1) is 0 Å².